The highest BCUT2D eigenvalue weighted by Gasteiger charge is 2.26. The first-order valence-corrected chi connectivity index (χ1v) is 22.1. The Kier molecular flexibility index (Phi) is 14.0. The van der Waals surface area contributed by atoms with Crippen molar-refractivity contribution in [3.05, 3.63) is 167 Å². The van der Waals surface area contributed by atoms with E-state index in [9.17, 15) is 30.4 Å². The molecule has 0 saturated carbocycles. The van der Waals surface area contributed by atoms with E-state index in [0.29, 0.717) is 69.6 Å². The van der Waals surface area contributed by atoms with Gasteiger partial charge in [-0.05, 0) is 114 Å². The fourth-order valence-electron chi connectivity index (χ4n) is 7.16. The van der Waals surface area contributed by atoms with Gasteiger partial charge in [-0.15, -0.1) is 5.26 Å². The number of rotatable bonds is 9. The minimum atomic E-state index is -3.90. The molecule has 2 aliphatic rings. The Bertz CT molecular complexity index is 2720. The number of hydrogen-bond acceptors (Lipinski definition) is 9. The number of urea groups is 1. The molecule has 0 fully saturated rings. The predicted octanol–water partition coefficient (Wildman–Crippen LogP) is 7.74. The van der Waals surface area contributed by atoms with Crippen LogP contribution in [0.15, 0.2) is 122 Å². The molecule has 0 saturated heterocycles. The van der Waals surface area contributed by atoms with Crippen molar-refractivity contribution in [3.8, 4) is 34.3 Å². The van der Waals surface area contributed by atoms with Crippen molar-refractivity contribution < 1.29 is 35.1 Å². The van der Waals surface area contributed by atoms with Crippen LogP contribution < -0.4 is 19.9 Å². The molecular weight excluding hydrogens is 811 g/mol. The molecule has 4 aromatic carbocycles. The number of carbonyl (C=O) groups excluding carboxylic acids is 1. The van der Waals surface area contributed by atoms with E-state index < -0.39 is 26.1 Å². The Hall–Kier alpha value is -6.54. The molecule has 2 aromatic heterocycles. The van der Waals surface area contributed by atoms with Crippen LogP contribution in [0.5, 0.6) is 5.75 Å². The summed E-state index contributed by atoms with van der Waals surface area (Å²) in [6.07, 6.45) is 12.5. The van der Waals surface area contributed by atoms with E-state index in [1.807, 2.05) is 6.07 Å². The van der Waals surface area contributed by atoms with Gasteiger partial charge in [-0.2, -0.15) is 0 Å². The van der Waals surface area contributed by atoms with Crippen LogP contribution in [0.4, 0.5) is 19.3 Å². The van der Waals surface area contributed by atoms with Crippen molar-refractivity contribution in [2.75, 3.05) is 5.32 Å². The molecule has 0 spiro atoms. The van der Waals surface area contributed by atoms with Crippen LogP contribution in [-0.4, -0.2) is 32.8 Å². The van der Waals surface area contributed by atoms with Gasteiger partial charge >= 0.3 is 6.03 Å². The van der Waals surface area contributed by atoms with Crippen LogP contribution in [0.2, 0.25) is 0 Å². The summed E-state index contributed by atoms with van der Waals surface area (Å²) >= 11 is 0. The van der Waals surface area contributed by atoms with E-state index >= 15 is 0 Å². The molecule has 308 valence electrons. The first-order valence-electron chi connectivity index (χ1n) is 18.8. The molecule has 0 aliphatic heterocycles. The van der Waals surface area contributed by atoms with Gasteiger partial charge in [-0.25, -0.2) is 40.3 Å². The molecule has 6 aromatic rings. The monoisotopic (exact) mass is 850 g/mol. The van der Waals surface area contributed by atoms with E-state index in [2.05, 4.69) is 20.0 Å². The van der Waals surface area contributed by atoms with E-state index in [0.717, 1.165) is 36.0 Å². The lowest BCUT2D eigenvalue weighted by Gasteiger charge is -2.17. The van der Waals surface area contributed by atoms with Crippen LogP contribution in [-0.2, 0) is 57.2 Å². The molecular formula is C44H40F2N6O6S2. The molecule has 0 atom stereocenters. The quantitative estimate of drug-likeness (QED) is 0.122. The number of sulfonamides is 2. The van der Waals surface area contributed by atoms with Gasteiger partial charge < -0.3 is 10.1 Å². The van der Waals surface area contributed by atoms with Gasteiger partial charge in [0.15, 0.2) is 5.75 Å². The zero-order chi connectivity index (χ0) is 42.7. The minimum absolute atomic E-state index is 0.0894. The molecule has 12 nitrogen and oxygen atoms in total. The van der Waals surface area contributed by atoms with E-state index in [1.54, 1.807) is 110 Å². The topological polar surface area (TPSA) is 194 Å². The normalized spacial score (nSPS) is 12.6. The molecule has 0 radical (unpaired) electrons. The maximum Gasteiger partial charge on any atom is 0.332 e. The zero-order valence-electron chi connectivity index (χ0n) is 32.1. The minimum Gasteiger partial charge on any atom is -0.387 e. The maximum atomic E-state index is 14.6. The number of hydrogen-bond donors (Lipinski definition) is 3. The number of primary sulfonamides is 1. The average Bonchev–Trinajstić information content (AvgIpc) is 3.93. The van der Waals surface area contributed by atoms with Gasteiger partial charge in [0.1, 0.15) is 11.6 Å². The number of anilines is 1. The van der Waals surface area contributed by atoms with Crippen LogP contribution in [0, 0.1) is 23.2 Å². The number of aromatic nitrogens is 2. The van der Waals surface area contributed by atoms with Gasteiger partial charge in [0.25, 0.3) is 6.26 Å². The smallest absolute Gasteiger partial charge is 0.332 e. The Morgan fingerprint density at radius 2 is 1.15 bits per heavy atom. The lowest BCUT2D eigenvalue weighted by Crippen LogP contribution is -2.35. The number of carbonyl (C=O) groups is 1. The number of nitriles is 1. The third-order valence-corrected chi connectivity index (χ3v) is 11.6. The third-order valence-electron chi connectivity index (χ3n) is 9.67. The summed E-state index contributed by atoms with van der Waals surface area (Å²) in [5, 5.41) is 16.3. The van der Waals surface area contributed by atoms with E-state index in [-0.39, 0.29) is 23.1 Å². The zero-order valence-corrected chi connectivity index (χ0v) is 33.8. The van der Waals surface area contributed by atoms with Crippen molar-refractivity contribution in [1.82, 2.24) is 14.7 Å². The summed E-state index contributed by atoms with van der Waals surface area (Å²) in [7, 11) is -7.28. The lowest BCUT2D eigenvalue weighted by molar-refractivity contribution is 0.256. The molecule has 8 rings (SSSR count). The highest BCUT2D eigenvalue weighted by molar-refractivity contribution is 7.89. The van der Waals surface area contributed by atoms with Crippen LogP contribution in [0.3, 0.4) is 0 Å². The van der Waals surface area contributed by atoms with Crippen molar-refractivity contribution >= 4 is 31.8 Å². The molecule has 2 heterocycles. The summed E-state index contributed by atoms with van der Waals surface area (Å²) in [5.41, 5.74) is 7.09. The number of halogens is 2. The number of nitrogens with zero attached hydrogens (tertiary/aromatic N) is 3. The summed E-state index contributed by atoms with van der Waals surface area (Å²) in [4.78, 5) is 20.5. The average molecular weight is 851 g/mol. The molecule has 0 unspecified atom stereocenters. The van der Waals surface area contributed by atoms with E-state index in [1.165, 1.54) is 12.1 Å². The third kappa shape index (κ3) is 11.3. The molecule has 0 bridgehead atoms. The van der Waals surface area contributed by atoms with Gasteiger partial charge in [-0.3, -0.25) is 9.97 Å². The van der Waals surface area contributed by atoms with Crippen molar-refractivity contribution in [1.29, 1.82) is 5.26 Å². The molecule has 16 heteroatoms. The van der Waals surface area contributed by atoms with Crippen molar-refractivity contribution in [2.24, 2.45) is 5.14 Å². The summed E-state index contributed by atoms with van der Waals surface area (Å²) in [6, 6.07) is 26.4. The summed E-state index contributed by atoms with van der Waals surface area (Å²) in [5.74, 6) is -0.461. The number of nitrogens with one attached hydrogen (secondary N) is 2. The van der Waals surface area contributed by atoms with Crippen LogP contribution in [0.1, 0.15) is 46.2 Å². The largest absolute Gasteiger partial charge is 0.387 e. The van der Waals surface area contributed by atoms with E-state index in [4.69, 9.17) is 15.1 Å². The Morgan fingerprint density at radius 1 is 0.683 bits per heavy atom. The highest BCUT2D eigenvalue weighted by atomic mass is 32.2. The lowest BCUT2D eigenvalue weighted by atomic mass is 9.97. The van der Waals surface area contributed by atoms with Crippen LogP contribution >= 0.6 is 0 Å². The summed E-state index contributed by atoms with van der Waals surface area (Å²) in [6.45, 7) is 0. The van der Waals surface area contributed by atoms with Crippen molar-refractivity contribution in [3.63, 3.8) is 0 Å². The fraction of sp³-hybridized carbons (Fsp3) is 0.182. The number of amides is 2. The highest BCUT2D eigenvalue weighted by Crippen LogP contribution is 2.41. The summed E-state index contributed by atoms with van der Waals surface area (Å²) < 4.78 is 81.9. The fourth-order valence-corrected chi connectivity index (χ4v) is 8.85. The maximum absolute atomic E-state index is 14.6. The molecule has 60 heavy (non-hydrogen) atoms. The second-order valence-electron chi connectivity index (χ2n) is 13.9. The first-order chi connectivity index (χ1) is 28.8. The number of nitrogens with two attached hydrogens (primary N) is 1. The van der Waals surface area contributed by atoms with Gasteiger partial charge in [-0.1, -0.05) is 60.7 Å². The molecule has 2 aliphatic carbocycles. The molecule has 4 N–H and O–H groups in total. The Labute approximate surface area is 347 Å². The van der Waals surface area contributed by atoms with Gasteiger partial charge in [0.2, 0.25) is 20.0 Å². The number of fused-ring (bicyclic) bond motifs is 2. The van der Waals surface area contributed by atoms with Gasteiger partial charge in [0, 0.05) is 41.5 Å². The Morgan fingerprint density at radius 3 is 1.68 bits per heavy atom. The second-order valence-corrected chi connectivity index (χ2v) is 17.2. The second kappa shape index (κ2) is 19.5. The number of benzene rings is 4. The standard InChI is InChI=1S/C22H20FN3O3S.C15H11FN2O.C7H9NO2S/c23-20-13-19(16-9-11-24-12-10-16)21(18-8-4-7-17(18)20)25-22(27)26-30(28,29)14-15-5-2-1-3-6-15;16-14-8-13(10-4-6-18-7-5-10)15(19-9-17)12-3-1-2-11(12)14;8-11(9,10)6-7-4-2-1-3-5-7/h1-3,5-6,9-13H,4,7-8,14H2,(H2,25,26,27);4-8H,1-3H2;1-5H,6H2,(H2,8,9,10). The molecule has 2 amide bonds. The van der Waals surface area contributed by atoms with Gasteiger partial charge in [0.05, 0.1) is 17.2 Å². The van der Waals surface area contributed by atoms with Crippen molar-refractivity contribution in [2.45, 2.75) is 50.0 Å². The predicted molar refractivity (Wildman–Crippen MR) is 224 cm³/mol. The van der Waals surface area contributed by atoms with Crippen LogP contribution in [0.25, 0.3) is 22.3 Å². The SMILES string of the molecule is N#COc1c(-c2ccncc2)cc(F)c2c1CCC2.NS(=O)(=O)Cc1ccccc1.O=C(Nc1c(-c2ccncc2)cc(F)c2c1CCC2)NS(=O)(=O)Cc1ccccc1. The number of ether oxygens (including phenoxy) is 1. The number of pyridine rings is 2. The Balaban J connectivity index is 0.000000171. The first kappa shape index (κ1) is 43.0.